The highest BCUT2D eigenvalue weighted by Crippen LogP contribution is 2.27. The summed E-state index contributed by atoms with van der Waals surface area (Å²) in [6, 6.07) is 7.74. The average Bonchev–Trinajstić information content (AvgIpc) is 2.30. The van der Waals surface area contributed by atoms with Crippen molar-refractivity contribution in [1.29, 1.82) is 0 Å². The van der Waals surface area contributed by atoms with E-state index in [1.165, 1.54) is 12.1 Å². The van der Waals surface area contributed by atoms with E-state index in [0.717, 1.165) is 0 Å². The van der Waals surface area contributed by atoms with Crippen LogP contribution in [-0.4, -0.2) is 18.5 Å². The third-order valence-corrected chi connectivity index (χ3v) is 3.09. The molecule has 1 aromatic carbocycles. The maximum atomic E-state index is 13.8. The van der Waals surface area contributed by atoms with Crippen molar-refractivity contribution in [3.63, 3.8) is 0 Å². The first kappa shape index (κ1) is 14.4. The third-order valence-electron chi connectivity index (χ3n) is 2.75. The second kappa shape index (κ2) is 6.31. The van der Waals surface area contributed by atoms with Gasteiger partial charge in [0.15, 0.2) is 0 Å². The molecule has 0 saturated heterocycles. The molecule has 1 unspecified atom stereocenters. The van der Waals surface area contributed by atoms with Gasteiger partial charge < -0.3 is 5.32 Å². The molecule has 1 N–H and O–H groups in total. The quantitative estimate of drug-likeness (QED) is 0.771. The molecule has 1 aromatic rings. The fraction of sp³-hybridized carbons (Fsp3) is 0.538. The van der Waals surface area contributed by atoms with E-state index in [-0.39, 0.29) is 24.1 Å². The van der Waals surface area contributed by atoms with Crippen molar-refractivity contribution in [2.75, 3.05) is 12.4 Å². The summed E-state index contributed by atoms with van der Waals surface area (Å²) in [5, 5.41) is 2.83. The van der Waals surface area contributed by atoms with Crippen molar-refractivity contribution in [2.24, 2.45) is 5.92 Å². The monoisotopic (exact) mass is 261 g/mol. The van der Waals surface area contributed by atoms with E-state index in [0.29, 0.717) is 5.88 Å². The van der Waals surface area contributed by atoms with Gasteiger partial charge in [-0.2, -0.15) is 8.78 Å². The van der Waals surface area contributed by atoms with Gasteiger partial charge in [-0.05, 0) is 5.92 Å². The number of nitrogens with one attached hydrogen (secondary N) is 1. The third kappa shape index (κ3) is 4.25. The van der Waals surface area contributed by atoms with Gasteiger partial charge in [0, 0.05) is 17.5 Å². The fourth-order valence-corrected chi connectivity index (χ4v) is 1.98. The van der Waals surface area contributed by atoms with Crippen LogP contribution in [0.3, 0.4) is 0 Å². The molecule has 0 aliphatic heterocycles. The van der Waals surface area contributed by atoms with Crippen LogP contribution in [0.2, 0.25) is 0 Å². The van der Waals surface area contributed by atoms with Crippen LogP contribution in [-0.2, 0) is 5.92 Å². The van der Waals surface area contributed by atoms with Crippen molar-refractivity contribution in [3.05, 3.63) is 35.9 Å². The summed E-state index contributed by atoms with van der Waals surface area (Å²) < 4.78 is 27.6. The van der Waals surface area contributed by atoms with Crippen LogP contribution in [0.4, 0.5) is 8.78 Å². The summed E-state index contributed by atoms with van der Waals surface area (Å²) in [5.41, 5.74) is 0.0320. The first-order chi connectivity index (χ1) is 7.97. The topological polar surface area (TPSA) is 12.0 Å². The molecule has 0 amide bonds. The van der Waals surface area contributed by atoms with Crippen molar-refractivity contribution in [2.45, 2.75) is 25.8 Å². The Labute approximate surface area is 106 Å². The van der Waals surface area contributed by atoms with E-state index in [2.05, 4.69) is 5.32 Å². The van der Waals surface area contributed by atoms with Gasteiger partial charge in [0.05, 0.1) is 6.54 Å². The molecular formula is C13H18ClF2N. The molecule has 0 bridgehead atoms. The lowest BCUT2D eigenvalue weighted by molar-refractivity contribution is -0.00633. The Morgan fingerprint density at radius 3 is 2.29 bits per heavy atom. The predicted octanol–water partition coefficient (Wildman–Crippen LogP) is 3.63. The van der Waals surface area contributed by atoms with E-state index >= 15 is 0 Å². The molecule has 0 heterocycles. The molecule has 1 rings (SSSR count). The second-order valence-electron chi connectivity index (χ2n) is 4.46. The van der Waals surface area contributed by atoms with Gasteiger partial charge in [-0.1, -0.05) is 44.2 Å². The van der Waals surface area contributed by atoms with Gasteiger partial charge in [-0.25, -0.2) is 0 Å². The van der Waals surface area contributed by atoms with Crippen LogP contribution in [0.15, 0.2) is 30.3 Å². The molecule has 0 saturated carbocycles. The number of hydrogen-bond acceptors (Lipinski definition) is 1. The maximum Gasteiger partial charge on any atom is 0.285 e. The van der Waals surface area contributed by atoms with Gasteiger partial charge in [0.25, 0.3) is 5.92 Å². The van der Waals surface area contributed by atoms with Crippen molar-refractivity contribution < 1.29 is 8.78 Å². The summed E-state index contributed by atoms with van der Waals surface area (Å²) in [6.07, 6.45) is 0. The molecule has 96 valence electrons. The summed E-state index contributed by atoms with van der Waals surface area (Å²) in [7, 11) is 0. The molecule has 17 heavy (non-hydrogen) atoms. The minimum Gasteiger partial charge on any atom is -0.307 e. The molecule has 0 aromatic heterocycles. The maximum absolute atomic E-state index is 13.8. The standard InChI is InChI=1S/C13H18ClF2N/c1-10(2)12(8-14)17-9-13(15,16)11-6-4-3-5-7-11/h3-7,10,12,17H,8-9H2,1-2H3. The molecule has 1 atom stereocenters. The zero-order valence-electron chi connectivity index (χ0n) is 10.1. The largest absolute Gasteiger partial charge is 0.307 e. The van der Waals surface area contributed by atoms with Crippen LogP contribution >= 0.6 is 11.6 Å². The summed E-state index contributed by atoms with van der Waals surface area (Å²) in [4.78, 5) is 0. The Morgan fingerprint density at radius 1 is 1.24 bits per heavy atom. The van der Waals surface area contributed by atoms with Crippen molar-refractivity contribution in [3.8, 4) is 0 Å². The van der Waals surface area contributed by atoms with Gasteiger partial charge in [-0.3, -0.25) is 0 Å². The Hall–Kier alpha value is -0.670. The Morgan fingerprint density at radius 2 is 1.82 bits per heavy atom. The number of alkyl halides is 3. The number of hydrogen-bond donors (Lipinski definition) is 1. The zero-order chi connectivity index (χ0) is 12.9. The Balaban J connectivity index is 2.61. The van der Waals surface area contributed by atoms with E-state index < -0.39 is 5.92 Å². The molecule has 0 spiro atoms. The van der Waals surface area contributed by atoms with Gasteiger partial charge >= 0.3 is 0 Å². The molecular weight excluding hydrogens is 244 g/mol. The van der Waals surface area contributed by atoms with E-state index in [1.807, 2.05) is 13.8 Å². The average molecular weight is 262 g/mol. The highest BCUT2D eigenvalue weighted by atomic mass is 35.5. The highest BCUT2D eigenvalue weighted by Gasteiger charge is 2.31. The van der Waals surface area contributed by atoms with Crippen molar-refractivity contribution in [1.82, 2.24) is 5.32 Å². The van der Waals surface area contributed by atoms with Crippen LogP contribution in [0.1, 0.15) is 19.4 Å². The summed E-state index contributed by atoms with van der Waals surface area (Å²) >= 11 is 5.73. The number of benzene rings is 1. The lowest BCUT2D eigenvalue weighted by Gasteiger charge is -2.24. The van der Waals surface area contributed by atoms with Crippen molar-refractivity contribution >= 4 is 11.6 Å². The predicted molar refractivity (Wildman–Crippen MR) is 67.7 cm³/mol. The minimum atomic E-state index is -2.86. The van der Waals surface area contributed by atoms with Gasteiger partial charge in [0.2, 0.25) is 0 Å². The first-order valence-corrected chi connectivity index (χ1v) is 6.23. The molecule has 0 radical (unpaired) electrons. The lowest BCUT2D eigenvalue weighted by Crippen LogP contribution is -2.41. The van der Waals surface area contributed by atoms with Crippen LogP contribution in [0.25, 0.3) is 0 Å². The molecule has 0 aliphatic rings. The molecule has 0 aliphatic carbocycles. The SMILES string of the molecule is CC(C)C(CCl)NCC(F)(F)c1ccccc1. The smallest absolute Gasteiger partial charge is 0.285 e. The molecule has 4 heteroatoms. The van der Waals surface area contributed by atoms with Crippen LogP contribution < -0.4 is 5.32 Å². The Bertz CT molecular complexity index is 327. The van der Waals surface area contributed by atoms with E-state index in [9.17, 15) is 8.78 Å². The lowest BCUT2D eigenvalue weighted by atomic mass is 10.0. The van der Waals surface area contributed by atoms with E-state index in [1.54, 1.807) is 18.2 Å². The normalized spacial score (nSPS) is 14.0. The molecule has 0 fully saturated rings. The van der Waals surface area contributed by atoms with E-state index in [4.69, 9.17) is 11.6 Å². The highest BCUT2D eigenvalue weighted by molar-refractivity contribution is 6.18. The number of rotatable bonds is 6. The zero-order valence-corrected chi connectivity index (χ0v) is 10.8. The van der Waals surface area contributed by atoms with Crippen LogP contribution in [0, 0.1) is 5.92 Å². The van der Waals surface area contributed by atoms with Crippen LogP contribution in [0.5, 0.6) is 0 Å². The minimum absolute atomic E-state index is 0.0320. The molecule has 1 nitrogen and oxygen atoms in total. The first-order valence-electron chi connectivity index (χ1n) is 5.70. The Kier molecular flexibility index (Phi) is 5.34. The number of halogens is 3. The van der Waals surface area contributed by atoms with Gasteiger partial charge in [0.1, 0.15) is 0 Å². The summed E-state index contributed by atoms with van der Waals surface area (Å²) in [5.74, 6) is -2.29. The van der Waals surface area contributed by atoms with Gasteiger partial charge in [-0.15, -0.1) is 11.6 Å². The summed E-state index contributed by atoms with van der Waals surface area (Å²) in [6.45, 7) is 3.54. The second-order valence-corrected chi connectivity index (χ2v) is 4.76. The fourth-order valence-electron chi connectivity index (χ4n) is 1.51.